The number of carboxylic acid groups (broad SMARTS) is 1. The molecule has 1 aliphatic carbocycles. The van der Waals surface area contributed by atoms with Gasteiger partial charge < -0.3 is 5.11 Å². The summed E-state index contributed by atoms with van der Waals surface area (Å²) in [6.45, 7) is 2.02. The molecule has 1 N–H and O–H groups in total. The molecule has 1 saturated carbocycles. The SMILES string of the molecule is CCC1CCCCC1S(=O)(=O)c1ccc(Br)c(C(=O)O)c1. The largest absolute Gasteiger partial charge is 0.478 e. The molecule has 0 aromatic heterocycles. The van der Waals surface area contributed by atoms with Gasteiger partial charge in [0.1, 0.15) is 0 Å². The molecule has 0 bridgehead atoms. The summed E-state index contributed by atoms with van der Waals surface area (Å²) in [5, 5.41) is 8.75. The Morgan fingerprint density at radius 3 is 2.62 bits per heavy atom. The zero-order valence-corrected chi connectivity index (χ0v) is 14.3. The fraction of sp³-hybridized carbons (Fsp3) is 0.533. The Kier molecular flexibility index (Phi) is 5.09. The van der Waals surface area contributed by atoms with E-state index in [-0.39, 0.29) is 21.6 Å². The summed E-state index contributed by atoms with van der Waals surface area (Å²) >= 11 is 3.14. The molecule has 116 valence electrons. The molecular weight excluding hydrogens is 356 g/mol. The smallest absolute Gasteiger partial charge is 0.336 e. The van der Waals surface area contributed by atoms with Crippen LogP contribution in [-0.4, -0.2) is 24.7 Å². The molecular formula is C15H19BrO4S. The highest BCUT2D eigenvalue weighted by molar-refractivity contribution is 9.10. The second-order valence-electron chi connectivity index (χ2n) is 5.48. The van der Waals surface area contributed by atoms with Crippen molar-refractivity contribution in [3.63, 3.8) is 0 Å². The highest BCUT2D eigenvalue weighted by atomic mass is 79.9. The van der Waals surface area contributed by atoms with Crippen molar-refractivity contribution < 1.29 is 18.3 Å². The summed E-state index contributed by atoms with van der Waals surface area (Å²) in [4.78, 5) is 11.3. The highest BCUT2D eigenvalue weighted by Gasteiger charge is 2.35. The molecule has 0 amide bonds. The number of carboxylic acids is 1. The summed E-state index contributed by atoms with van der Waals surface area (Å²) in [6, 6.07) is 4.26. The van der Waals surface area contributed by atoms with Crippen LogP contribution in [0.2, 0.25) is 0 Å². The highest BCUT2D eigenvalue weighted by Crippen LogP contribution is 2.35. The van der Waals surface area contributed by atoms with Gasteiger partial charge in [0.2, 0.25) is 0 Å². The number of hydrogen-bond acceptors (Lipinski definition) is 3. The number of aromatic carboxylic acids is 1. The first-order valence-corrected chi connectivity index (χ1v) is 9.48. The van der Waals surface area contributed by atoms with Gasteiger partial charge in [-0.1, -0.05) is 26.2 Å². The summed E-state index contributed by atoms with van der Waals surface area (Å²) in [5.74, 6) is -0.963. The minimum atomic E-state index is -3.48. The maximum absolute atomic E-state index is 12.8. The van der Waals surface area contributed by atoms with Crippen molar-refractivity contribution in [2.45, 2.75) is 49.2 Å². The van der Waals surface area contributed by atoms with Gasteiger partial charge in [0.15, 0.2) is 9.84 Å². The number of carbonyl (C=O) groups is 1. The summed E-state index contributed by atoms with van der Waals surface area (Å²) in [6.07, 6.45) is 4.43. The molecule has 0 aliphatic heterocycles. The van der Waals surface area contributed by atoms with E-state index in [0.717, 1.165) is 25.7 Å². The molecule has 0 heterocycles. The average molecular weight is 375 g/mol. The second-order valence-corrected chi connectivity index (χ2v) is 8.50. The Morgan fingerprint density at radius 2 is 2.00 bits per heavy atom. The lowest BCUT2D eigenvalue weighted by Gasteiger charge is -2.30. The molecule has 0 radical (unpaired) electrons. The van der Waals surface area contributed by atoms with Crippen LogP contribution in [0.25, 0.3) is 0 Å². The molecule has 1 fully saturated rings. The molecule has 0 spiro atoms. The fourth-order valence-electron chi connectivity index (χ4n) is 3.07. The minimum Gasteiger partial charge on any atom is -0.478 e. The van der Waals surface area contributed by atoms with Crippen molar-refractivity contribution in [1.82, 2.24) is 0 Å². The van der Waals surface area contributed by atoms with Crippen molar-refractivity contribution in [2.75, 3.05) is 0 Å². The molecule has 2 atom stereocenters. The summed E-state index contributed by atoms with van der Waals surface area (Å²) in [7, 11) is -3.48. The third kappa shape index (κ3) is 3.31. The van der Waals surface area contributed by atoms with Crippen molar-refractivity contribution >= 4 is 31.7 Å². The number of benzene rings is 1. The molecule has 6 heteroatoms. The van der Waals surface area contributed by atoms with E-state index in [9.17, 15) is 13.2 Å². The van der Waals surface area contributed by atoms with E-state index in [1.165, 1.54) is 18.2 Å². The molecule has 2 unspecified atom stereocenters. The van der Waals surface area contributed by atoms with Crippen molar-refractivity contribution in [1.29, 1.82) is 0 Å². The minimum absolute atomic E-state index is 0.0140. The Hall–Kier alpha value is -0.880. The van der Waals surface area contributed by atoms with E-state index >= 15 is 0 Å². The van der Waals surface area contributed by atoms with Crippen LogP contribution in [0.3, 0.4) is 0 Å². The number of rotatable bonds is 4. The molecule has 0 saturated heterocycles. The topological polar surface area (TPSA) is 71.4 Å². The Labute approximate surface area is 133 Å². The first-order valence-electron chi connectivity index (χ1n) is 7.14. The van der Waals surface area contributed by atoms with Gasteiger partial charge >= 0.3 is 5.97 Å². The van der Waals surface area contributed by atoms with E-state index in [0.29, 0.717) is 10.9 Å². The van der Waals surface area contributed by atoms with Crippen molar-refractivity contribution in [3.05, 3.63) is 28.2 Å². The van der Waals surface area contributed by atoms with Crippen LogP contribution >= 0.6 is 15.9 Å². The van der Waals surface area contributed by atoms with Gasteiger partial charge in [0.05, 0.1) is 15.7 Å². The second kappa shape index (κ2) is 6.48. The lowest BCUT2D eigenvalue weighted by molar-refractivity contribution is 0.0695. The Morgan fingerprint density at radius 1 is 1.33 bits per heavy atom. The number of sulfone groups is 1. The zero-order chi connectivity index (χ0) is 15.6. The van der Waals surface area contributed by atoms with Gasteiger partial charge in [0.25, 0.3) is 0 Å². The summed E-state index contributed by atoms with van der Waals surface area (Å²) < 4.78 is 26.1. The number of hydrogen-bond donors (Lipinski definition) is 1. The standard InChI is InChI=1S/C15H19BrO4S/c1-2-10-5-3-4-6-14(10)21(19,20)11-7-8-13(16)12(9-11)15(17)18/h7-10,14H,2-6H2,1H3,(H,17,18). The number of halogens is 1. The van der Waals surface area contributed by atoms with Gasteiger partial charge in [-0.2, -0.15) is 0 Å². The van der Waals surface area contributed by atoms with E-state index in [2.05, 4.69) is 15.9 Å². The summed E-state index contributed by atoms with van der Waals surface area (Å²) in [5.41, 5.74) is -0.0140. The first-order chi connectivity index (χ1) is 9.87. The Balaban J connectivity index is 2.43. The van der Waals surface area contributed by atoms with Crippen LogP contribution in [0.15, 0.2) is 27.6 Å². The zero-order valence-electron chi connectivity index (χ0n) is 11.9. The van der Waals surface area contributed by atoms with Crippen LogP contribution in [0.5, 0.6) is 0 Å². The van der Waals surface area contributed by atoms with Crippen molar-refractivity contribution in [3.8, 4) is 0 Å². The molecule has 1 aromatic rings. The average Bonchev–Trinajstić information content (AvgIpc) is 2.47. The predicted octanol–water partition coefficient (Wildman–Crippen LogP) is 3.89. The Bertz CT molecular complexity index is 639. The van der Waals surface area contributed by atoms with Crippen LogP contribution in [0.1, 0.15) is 49.4 Å². The van der Waals surface area contributed by atoms with E-state index in [4.69, 9.17) is 5.11 Å². The lowest BCUT2D eigenvalue weighted by atomic mass is 9.87. The van der Waals surface area contributed by atoms with Gasteiger partial charge in [-0.05, 0) is 52.9 Å². The molecule has 2 rings (SSSR count). The van der Waals surface area contributed by atoms with Crippen LogP contribution in [0.4, 0.5) is 0 Å². The van der Waals surface area contributed by atoms with E-state index < -0.39 is 15.8 Å². The monoisotopic (exact) mass is 374 g/mol. The van der Waals surface area contributed by atoms with Crippen LogP contribution < -0.4 is 0 Å². The molecule has 4 nitrogen and oxygen atoms in total. The normalized spacial score (nSPS) is 23.0. The van der Waals surface area contributed by atoms with Gasteiger partial charge in [-0.25, -0.2) is 13.2 Å². The van der Waals surface area contributed by atoms with E-state index in [1.54, 1.807) is 0 Å². The van der Waals surface area contributed by atoms with Crippen LogP contribution in [-0.2, 0) is 9.84 Å². The lowest BCUT2D eigenvalue weighted by Crippen LogP contribution is -2.32. The van der Waals surface area contributed by atoms with Gasteiger partial charge in [-0.3, -0.25) is 0 Å². The first kappa shape index (κ1) is 16.5. The molecule has 21 heavy (non-hydrogen) atoms. The van der Waals surface area contributed by atoms with E-state index in [1.807, 2.05) is 6.92 Å². The fourth-order valence-corrected chi connectivity index (χ4v) is 5.69. The maximum atomic E-state index is 12.8. The molecule has 1 aliphatic rings. The molecule has 1 aromatic carbocycles. The van der Waals surface area contributed by atoms with Crippen molar-refractivity contribution in [2.24, 2.45) is 5.92 Å². The van der Waals surface area contributed by atoms with Gasteiger partial charge in [0, 0.05) is 4.47 Å². The van der Waals surface area contributed by atoms with Crippen LogP contribution in [0, 0.1) is 5.92 Å². The third-order valence-electron chi connectivity index (χ3n) is 4.26. The maximum Gasteiger partial charge on any atom is 0.336 e. The predicted molar refractivity (Wildman–Crippen MR) is 84.3 cm³/mol. The third-order valence-corrected chi connectivity index (χ3v) is 7.28. The van der Waals surface area contributed by atoms with Gasteiger partial charge in [-0.15, -0.1) is 0 Å². The quantitative estimate of drug-likeness (QED) is 0.867.